The second-order valence-electron chi connectivity index (χ2n) is 4.23. The van der Waals surface area contributed by atoms with E-state index in [2.05, 4.69) is 46.0 Å². The average Bonchev–Trinajstić information content (AvgIpc) is 1.96. The van der Waals surface area contributed by atoms with Crippen LogP contribution in [-0.2, 0) is 0 Å². The number of nitrogens with one attached hydrogen (secondary N) is 1. The van der Waals surface area contributed by atoms with Gasteiger partial charge in [-0.15, -0.1) is 0 Å². The summed E-state index contributed by atoms with van der Waals surface area (Å²) in [5, 5.41) is 3.48. The highest BCUT2D eigenvalue weighted by molar-refractivity contribution is 4.99. The van der Waals surface area contributed by atoms with E-state index in [1.54, 1.807) is 5.57 Å². The molecule has 0 saturated carbocycles. The highest BCUT2D eigenvalue weighted by Crippen LogP contribution is 2.06. The molecule has 12 heavy (non-hydrogen) atoms. The summed E-state index contributed by atoms with van der Waals surface area (Å²) in [5.41, 5.74) is 1.80. The zero-order valence-electron chi connectivity index (χ0n) is 9.20. The maximum Gasteiger partial charge on any atom is 0.00966 e. The van der Waals surface area contributed by atoms with Gasteiger partial charge in [-0.3, -0.25) is 0 Å². The first-order chi connectivity index (χ1) is 5.49. The Bertz CT molecular complexity index is 140. The summed E-state index contributed by atoms with van der Waals surface area (Å²) in [4.78, 5) is 0. The Hall–Kier alpha value is -0.300. The van der Waals surface area contributed by atoms with Gasteiger partial charge in [-0.25, -0.2) is 0 Å². The fourth-order valence-corrected chi connectivity index (χ4v) is 1.12. The van der Waals surface area contributed by atoms with Gasteiger partial charge in [0, 0.05) is 5.54 Å². The van der Waals surface area contributed by atoms with Crippen molar-refractivity contribution in [3.63, 3.8) is 0 Å². The lowest BCUT2D eigenvalue weighted by atomic mass is 10.1. The van der Waals surface area contributed by atoms with Crippen molar-refractivity contribution in [3.05, 3.63) is 11.6 Å². The predicted octanol–water partition coefficient (Wildman–Crippen LogP) is 3.12. The van der Waals surface area contributed by atoms with Crippen molar-refractivity contribution in [2.45, 2.75) is 53.0 Å². The van der Waals surface area contributed by atoms with Crippen LogP contribution in [-0.4, -0.2) is 12.1 Å². The first kappa shape index (κ1) is 11.7. The molecule has 1 nitrogen and oxygen atoms in total. The summed E-state index contributed by atoms with van der Waals surface area (Å²) in [6, 6.07) is 0. The second-order valence-corrected chi connectivity index (χ2v) is 4.23. The van der Waals surface area contributed by atoms with Crippen LogP contribution < -0.4 is 5.32 Å². The maximum absolute atomic E-state index is 3.48. The highest BCUT2D eigenvalue weighted by Gasteiger charge is 2.07. The van der Waals surface area contributed by atoms with Gasteiger partial charge in [0.15, 0.2) is 0 Å². The van der Waals surface area contributed by atoms with Gasteiger partial charge in [-0.1, -0.05) is 18.6 Å². The molecule has 0 bridgehead atoms. The van der Waals surface area contributed by atoms with Crippen LogP contribution in [0.15, 0.2) is 11.6 Å². The smallest absolute Gasteiger partial charge is 0.00966 e. The molecule has 0 aliphatic carbocycles. The van der Waals surface area contributed by atoms with Gasteiger partial charge in [0.05, 0.1) is 0 Å². The molecule has 0 saturated heterocycles. The van der Waals surface area contributed by atoms with Gasteiger partial charge in [-0.05, 0) is 47.1 Å². The molecule has 0 aliphatic heterocycles. The largest absolute Gasteiger partial charge is 0.312 e. The summed E-state index contributed by atoms with van der Waals surface area (Å²) in [5.74, 6) is 0. The summed E-state index contributed by atoms with van der Waals surface area (Å²) in [6.45, 7) is 12.0. The zero-order valence-corrected chi connectivity index (χ0v) is 9.20. The molecule has 0 aliphatic rings. The first-order valence-corrected chi connectivity index (χ1v) is 4.88. The lowest BCUT2D eigenvalue weighted by Gasteiger charge is -2.20. The molecule has 0 fully saturated rings. The quantitative estimate of drug-likeness (QED) is 0.638. The molecule has 0 radical (unpaired) electrons. The van der Waals surface area contributed by atoms with Crippen molar-refractivity contribution in [2.75, 3.05) is 6.54 Å². The number of hydrogen-bond acceptors (Lipinski definition) is 1. The summed E-state index contributed by atoms with van der Waals surface area (Å²) in [7, 11) is 0. The van der Waals surface area contributed by atoms with Crippen molar-refractivity contribution in [1.29, 1.82) is 0 Å². The van der Waals surface area contributed by atoms with Gasteiger partial charge < -0.3 is 5.32 Å². The number of rotatable bonds is 4. The SMILES string of the molecule is C/C=C(\CC)CCNC(C)(C)C. The fourth-order valence-electron chi connectivity index (χ4n) is 1.12. The van der Waals surface area contributed by atoms with Crippen LogP contribution in [0.3, 0.4) is 0 Å². The second kappa shape index (κ2) is 5.36. The molecule has 0 heterocycles. The van der Waals surface area contributed by atoms with Gasteiger partial charge in [0.1, 0.15) is 0 Å². The standard InChI is InChI=1S/C11H23N/c1-6-10(7-2)8-9-12-11(3,4)5/h6,12H,7-9H2,1-5H3/b10-6+. The Morgan fingerprint density at radius 3 is 2.25 bits per heavy atom. The molecule has 0 aromatic carbocycles. The van der Waals surface area contributed by atoms with Gasteiger partial charge >= 0.3 is 0 Å². The summed E-state index contributed by atoms with van der Waals surface area (Å²) >= 11 is 0. The topological polar surface area (TPSA) is 12.0 Å². The third kappa shape index (κ3) is 6.41. The summed E-state index contributed by atoms with van der Waals surface area (Å²) in [6.07, 6.45) is 4.59. The van der Waals surface area contributed by atoms with E-state index in [-0.39, 0.29) is 5.54 Å². The Labute approximate surface area is 77.2 Å². The minimum Gasteiger partial charge on any atom is -0.312 e. The van der Waals surface area contributed by atoms with Crippen LogP contribution in [0.1, 0.15) is 47.5 Å². The van der Waals surface area contributed by atoms with Crippen molar-refractivity contribution >= 4 is 0 Å². The van der Waals surface area contributed by atoms with Gasteiger partial charge in [-0.2, -0.15) is 0 Å². The highest BCUT2D eigenvalue weighted by atomic mass is 14.9. The van der Waals surface area contributed by atoms with E-state index in [0.29, 0.717) is 0 Å². The predicted molar refractivity (Wildman–Crippen MR) is 56.4 cm³/mol. The monoisotopic (exact) mass is 169 g/mol. The minimum absolute atomic E-state index is 0.257. The summed E-state index contributed by atoms with van der Waals surface area (Å²) < 4.78 is 0. The molecule has 1 heteroatoms. The lowest BCUT2D eigenvalue weighted by Crippen LogP contribution is -2.36. The molecule has 0 aromatic rings. The van der Waals surface area contributed by atoms with E-state index in [4.69, 9.17) is 0 Å². The Morgan fingerprint density at radius 2 is 1.92 bits per heavy atom. The van der Waals surface area contributed by atoms with Crippen molar-refractivity contribution < 1.29 is 0 Å². The van der Waals surface area contributed by atoms with Gasteiger partial charge in [0.2, 0.25) is 0 Å². The van der Waals surface area contributed by atoms with Crippen LogP contribution in [0.2, 0.25) is 0 Å². The van der Waals surface area contributed by atoms with Crippen molar-refractivity contribution in [3.8, 4) is 0 Å². The van der Waals surface area contributed by atoms with Gasteiger partial charge in [0.25, 0.3) is 0 Å². The van der Waals surface area contributed by atoms with E-state index in [9.17, 15) is 0 Å². The first-order valence-electron chi connectivity index (χ1n) is 4.88. The third-order valence-corrected chi connectivity index (χ3v) is 1.96. The lowest BCUT2D eigenvalue weighted by molar-refractivity contribution is 0.428. The molecule has 0 unspecified atom stereocenters. The fraction of sp³-hybridized carbons (Fsp3) is 0.818. The van der Waals surface area contributed by atoms with Crippen LogP contribution in [0, 0.1) is 0 Å². The molecular weight excluding hydrogens is 146 g/mol. The molecule has 0 amide bonds. The normalized spacial score (nSPS) is 13.6. The molecule has 0 aromatic heterocycles. The van der Waals surface area contributed by atoms with E-state index >= 15 is 0 Å². The zero-order chi connectivity index (χ0) is 9.61. The van der Waals surface area contributed by atoms with Crippen LogP contribution in [0.4, 0.5) is 0 Å². The van der Waals surface area contributed by atoms with E-state index in [1.807, 2.05) is 0 Å². The average molecular weight is 169 g/mol. The van der Waals surface area contributed by atoms with Crippen molar-refractivity contribution in [1.82, 2.24) is 5.32 Å². The molecule has 0 spiro atoms. The Morgan fingerprint density at radius 1 is 1.33 bits per heavy atom. The van der Waals surface area contributed by atoms with Crippen LogP contribution in [0.5, 0.6) is 0 Å². The number of allylic oxidation sites excluding steroid dienone is 1. The van der Waals surface area contributed by atoms with E-state index in [0.717, 1.165) is 6.54 Å². The maximum atomic E-state index is 3.48. The van der Waals surface area contributed by atoms with Crippen molar-refractivity contribution in [2.24, 2.45) is 0 Å². The molecule has 72 valence electrons. The molecule has 0 atom stereocenters. The minimum atomic E-state index is 0.257. The third-order valence-electron chi connectivity index (χ3n) is 1.96. The Balaban J connectivity index is 3.56. The Kier molecular flexibility index (Phi) is 5.23. The molecule has 0 rings (SSSR count). The number of hydrogen-bond donors (Lipinski definition) is 1. The molecule has 1 N–H and O–H groups in total. The molecular formula is C11H23N. The van der Waals surface area contributed by atoms with Crippen LogP contribution >= 0.6 is 0 Å². The van der Waals surface area contributed by atoms with Crippen LogP contribution in [0.25, 0.3) is 0 Å². The van der Waals surface area contributed by atoms with E-state index in [1.165, 1.54) is 12.8 Å². The van der Waals surface area contributed by atoms with E-state index < -0.39 is 0 Å².